The van der Waals surface area contributed by atoms with E-state index in [1.807, 2.05) is 26.0 Å². The first-order chi connectivity index (χ1) is 14.8. The Morgan fingerprint density at radius 3 is 2.74 bits per heavy atom. The zero-order valence-corrected chi connectivity index (χ0v) is 18.5. The molecule has 0 spiro atoms. The zero-order chi connectivity index (χ0) is 22.4. The van der Waals surface area contributed by atoms with Gasteiger partial charge in [0.1, 0.15) is 6.04 Å². The molecule has 2 bridgehead atoms. The summed E-state index contributed by atoms with van der Waals surface area (Å²) in [5, 5.41) is 7.00. The lowest BCUT2D eigenvalue weighted by atomic mass is 9.92. The summed E-state index contributed by atoms with van der Waals surface area (Å²) in [5.74, 6) is -1.28. The van der Waals surface area contributed by atoms with Gasteiger partial charge < -0.3 is 20.9 Å². The molecule has 0 fully saturated rings. The number of nitrogens with one attached hydrogen (secondary N) is 2. The number of fused-ring (bicyclic) bond motifs is 5. The summed E-state index contributed by atoms with van der Waals surface area (Å²) in [4.78, 5) is 37.5. The number of aromatic nitrogens is 1. The molecule has 1 aromatic carbocycles. The second-order valence-corrected chi connectivity index (χ2v) is 8.98. The molecule has 1 aliphatic heterocycles. The Bertz CT molecular complexity index is 934. The van der Waals surface area contributed by atoms with Gasteiger partial charge in [0.05, 0.1) is 0 Å². The zero-order valence-electron chi connectivity index (χ0n) is 18.5. The van der Waals surface area contributed by atoms with Crippen molar-refractivity contribution in [1.29, 1.82) is 0 Å². The topological polar surface area (TPSA) is 106 Å². The number of carbonyl (C=O) groups is 3. The van der Waals surface area contributed by atoms with E-state index in [1.165, 1.54) is 0 Å². The van der Waals surface area contributed by atoms with E-state index in [-0.39, 0.29) is 24.2 Å². The van der Waals surface area contributed by atoms with Crippen molar-refractivity contribution < 1.29 is 14.4 Å². The Hall–Kier alpha value is -2.83. The van der Waals surface area contributed by atoms with Gasteiger partial charge in [0.15, 0.2) is 0 Å². The summed E-state index contributed by atoms with van der Waals surface area (Å²) in [6.07, 6.45) is 6.01. The van der Waals surface area contributed by atoms with E-state index in [2.05, 4.69) is 33.5 Å². The normalized spacial score (nSPS) is 18.7. The van der Waals surface area contributed by atoms with Crippen molar-refractivity contribution in [3.8, 4) is 0 Å². The highest BCUT2D eigenvalue weighted by atomic mass is 16.2. The lowest BCUT2D eigenvalue weighted by Crippen LogP contribution is -2.50. The molecule has 0 saturated carbocycles. The molecule has 0 aliphatic carbocycles. The van der Waals surface area contributed by atoms with Gasteiger partial charge in [-0.25, -0.2) is 0 Å². The maximum absolute atomic E-state index is 13.0. The number of hydrogen-bond donors (Lipinski definition) is 3. The number of nitrogens with zero attached hydrogens (tertiary/aromatic N) is 1. The van der Waals surface area contributed by atoms with Crippen molar-refractivity contribution in [3.63, 3.8) is 0 Å². The fraction of sp³-hybridized carbons (Fsp3) is 0.542. The predicted molar refractivity (Wildman–Crippen MR) is 121 cm³/mol. The fourth-order valence-corrected chi connectivity index (χ4v) is 4.40. The molecule has 7 heteroatoms. The van der Waals surface area contributed by atoms with Gasteiger partial charge in [0.25, 0.3) is 0 Å². The molecule has 7 nitrogen and oxygen atoms in total. The quantitative estimate of drug-likeness (QED) is 0.661. The third-order valence-electron chi connectivity index (χ3n) is 5.88. The second kappa shape index (κ2) is 10.5. The Morgan fingerprint density at radius 2 is 2.00 bits per heavy atom. The molecule has 168 valence electrons. The standard InChI is InChI=1S/C24H34N4O3/c1-16(2)12-17(14-22(25)29)23(30)27-20-13-18-15-28(21-9-5-4-8-19(18)21)11-7-3-6-10-26-24(20)31/h4-5,8-9,15-17,20H,3,6-7,10-14H2,1-2H3,(H2,25,29)(H,26,31)(H,27,30)/t17-,20?/m1/s1. The Labute approximate surface area is 183 Å². The third-order valence-corrected chi connectivity index (χ3v) is 5.88. The maximum Gasteiger partial charge on any atom is 0.242 e. The van der Waals surface area contributed by atoms with Crippen molar-refractivity contribution in [2.75, 3.05) is 6.54 Å². The van der Waals surface area contributed by atoms with Crippen molar-refractivity contribution in [3.05, 3.63) is 36.0 Å². The van der Waals surface area contributed by atoms with Crippen LogP contribution in [0.25, 0.3) is 10.9 Å². The molecule has 4 N–H and O–H groups in total. The number of benzene rings is 1. The molecule has 1 aromatic heterocycles. The van der Waals surface area contributed by atoms with Gasteiger partial charge in [0, 0.05) is 48.9 Å². The molecule has 0 saturated heterocycles. The number of amides is 3. The minimum Gasteiger partial charge on any atom is -0.370 e. The van der Waals surface area contributed by atoms with Crippen LogP contribution >= 0.6 is 0 Å². The van der Waals surface area contributed by atoms with Gasteiger partial charge in [-0.15, -0.1) is 0 Å². The summed E-state index contributed by atoms with van der Waals surface area (Å²) < 4.78 is 2.25. The molecule has 31 heavy (non-hydrogen) atoms. The van der Waals surface area contributed by atoms with E-state index in [4.69, 9.17) is 5.73 Å². The van der Waals surface area contributed by atoms with Crippen LogP contribution in [0.15, 0.2) is 30.5 Å². The second-order valence-electron chi connectivity index (χ2n) is 8.98. The van der Waals surface area contributed by atoms with Crippen molar-refractivity contribution in [2.45, 2.75) is 65.0 Å². The molecule has 3 rings (SSSR count). The first kappa shape index (κ1) is 22.8. The first-order valence-electron chi connectivity index (χ1n) is 11.3. The van der Waals surface area contributed by atoms with Gasteiger partial charge in [-0.1, -0.05) is 32.0 Å². The van der Waals surface area contributed by atoms with Crippen molar-refractivity contribution >= 4 is 28.6 Å². The number of rotatable bonds is 6. The minimum absolute atomic E-state index is 0.0162. The van der Waals surface area contributed by atoms with Gasteiger partial charge >= 0.3 is 0 Å². The fourth-order valence-electron chi connectivity index (χ4n) is 4.40. The smallest absolute Gasteiger partial charge is 0.242 e. The number of carbonyl (C=O) groups excluding carboxylic acids is 3. The van der Waals surface area contributed by atoms with Crippen LogP contribution in [-0.4, -0.2) is 34.9 Å². The first-order valence-corrected chi connectivity index (χ1v) is 11.3. The number of nitrogens with two attached hydrogens (primary N) is 1. The van der Waals surface area contributed by atoms with Crippen molar-refractivity contribution in [2.24, 2.45) is 17.6 Å². The van der Waals surface area contributed by atoms with E-state index >= 15 is 0 Å². The number of primary amides is 1. The van der Waals surface area contributed by atoms with Gasteiger partial charge in [-0.2, -0.15) is 0 Å². The van der Waals surface area contributed by atoms with E-state index in [1.54, 1.807) is 0 Å². The summed E-state index contributed by atoms with van der Waals surface area (Å²) >= 11 is 0. The largest absolute Gasteiger partial charge is 0.370 e. The Kier molecular flexibility index (Phi) is 7.71. The van der Waals surface area contributed by atoms with Crippen LogP contribution in [0, 0.1) is 11.8 Å². The molecule has 1 aliphatic rings. The van der Waals surface area contributed by atoms with Gasteiger partial charge in [0.2, 0.25) is 17.7 Å². The summed E-state index contributed by atoms with van der Waals surface area (Å²) in [5.41, 5.74) is 7.55. The lowest BCUT2D eigenvalue weighted by Gasteiger charge is -2.23. The number of para-hydroxylation sites is 1. The van der Waals surface area contributed by atoms with E-state index < -0.39 is 17.9 Å². The lowest BCUT2D eigenvalue weighted by molar-refractivity contribution is -0.133. The molecule has 2 atom stereocenters. The molecular weight excluding hydrogens is 392 g/mol. The average Bonchev–Trinajstić information content (AvgIpc) is 3.05. The Balaban J connectivity index is 1.88. The molecular formula is C24H34N4O3. The van der Waals surface area contributed by atoms with E-state index in [9.17, 15) is 14.4 Å². The molecule has 2 aromatic rings. The van der Waals surface area contributed by atoms with Crippen LogP contribution in [-0.2, 0) is 27.3 Å². The van der Waals surface area contributed by atoms with Crippen LogP contribution < -0.4 is 16.4 Å². The molecule has 1 unspecified atom stereocenters. The monoisotopic (exact) mass is 426 g/mol. The highest BCUT2D eigenvalue weighted by Gasteiger charge is 2.28. The molecule has 0 radical (unpaired) electrons. The minimum atomic E-state index is -0.700. The number of hydrogen-bond acceptors (Lipinski definition) is 3. The third kappa shape index (κ3) is 6.09. The van der Waals surface area contributed by atoms with Crippen LogP contribution in [0.3, 0.4) is 0 Å². The van der Waals surface area contributed by atoms with E-state index in [0.717, 1.165) is 42.3 Å². The maximum atomic E-state index is 13.0. The highest BCUT2D eigenvalue weighted by Crippen LogP contribution is 2.24. The highest BCUT2D eigenvalue weighted by molar-refractivity contribution is 5.91. The summed E-state index contributed by atoms with van der Waals surface area (Å²) in [7, 11) is 0. The molecule has 3 amide bonds. The Morgan fingerprint density at radius 1 is 1.23 bits per heavy atom. The predicted octanol–water partition coefficient (Wildman–Crippen LogP) is 2.51. The van der Waals surface area contributed by atoms with Crippen molar-refractivity contribution in [1.82, 2.24) is 15.2 Å². The van der Waals surface area contributed by atoms with Crippen LogP contribution in [0.5, 0.6) is 0 Å². The number of aryl methyl sites for hydroxylation is 1. The average molecular weight is 427 g/mol. The van der Waals surface area contributed by atoms with Crippen LogP contribution in [0.4, 0.5) is 0 Å². The summed E-state index contributed by atoms with van der Waals surface area (Å²) in [6.45, 7) is 5.52. The van der Waals surface area contributed by atoms with Gasteiger partial charge in [-0.05, 0) is 43.2 Å². The van der Waals surface area contributed by atoms with E-state index in [0.29, 0.717) is 19.4 Å². The van der Waals surface area contributed by atoms with Crippen LogP contribution in [0.2, 0.25) is 0 Å². The molecule has 2 heterocycles. The summed E-state index contributed by atoms with van der Waals surface area (Å²) in [6, 6.07) is 7.47. The van der Waals surface area contributed by atoms with Gasteiger partial charge in [-0.3, -0.25) is 14.4 Å². The van der Waals surface area contributed by atoms with Crippen LogP contribution in [0.1, 0.15) is 51.5 Å². The SMILES string of the molecule is CC(C)C[C@H](CC(N)=O)C(=O)NC1Cc2cn(c3ccccc23)CCCCCNC1=O.